The van der Waals surface area contributed by atoms with Crippen LogP contribution in [0.25, 0.3) is 0 Å². The Morgan fingerprint density at radius 2 is 0.826 bits per heavy atom. The van der Waals surface area contributed by atoms with Gasteiger partial charge in [0.25, 0.3) is 0 Å². The molecule has 0 saturated carbocycles. The van der Waals surface area contributed by atoms with Crippen molar-refractivity contribution >= 4 is 10.4 Å². The summed E-state index contributed by atoms with van der Waals surface area (Å²) in [5.74, 6) is 0. The third-order valence-corrected chi connectivity index (χ3v) is 3.94. The minimum atomic E-state index is -4.67. The van der Waals surface area contributed by atoms with E-state index in [1.165, 1.54) is 82.0 Å². The quantitative estimate of drug-likeness (QED) is 0.312. The molecular weight excluding hydrogens is 325 g/mol. The van der Waals surface area contributed by atoms with Crippen molar-refractivity contribution in [3.05, 3.63) is 0 Å². The molecule has 5 nitrogen and oxygen atoms in total. The Morgan fingerprint density at radius 3 is 0.957 bits per heavy atom. The minimum absolute atomic E-state index is 0. The molecule has 7 heteroatoms. The van der Waals surface area contributed by atoms with E-state index in [1.807, 2.05) is 0 Å². The van der Waals surface area contributed by atoms with E-state index in [-0.39, 0.29) is 29.6 Å². The summed E-state index contributed by atoms with van der Waals surface area (Å²) in [5, 5.41) is 0. The maximum atomic E-state index is 8.74. The minimum Gasteiger partial charge on any atom is -0.324 e. The van der Waals surface area contributed by atoms with Crippen LogP contribution in [0.3, 0.4) is 0 Å². The first-order valence-electron chi connectivity index (χ1n) is 8.79. The second-order valence-electron chi connectivity index (χ2n) is 6.10. The van der Waals surface area contributed by atoms with E-state index in [0.29, 0.717) is 0 Å². The van der Waals surface area contributed by atoms with E-state index >= 15 is 0 Å². The van der Waals surface area contributed by atoms with Gasteiger partial charge in [0.05, 0.1) is 26.2 Å². The number of quaternary nitrogens is 1. The van der Waals surface area contributed by atoms with Crippen LogP contribution in [0.15, 0.2) is 0 Å². The van der Waals surface area contributed by atoms with Gasteiger partial charge in [0, 0.05) is 0 Å². The predicted octanol–water partition coefficient (Wildman–Crippen LogP) is 1.35. The molecule has 0 radical (unpaired) electrons. The summed E-state index contributed by atoms with van der Waals surface area (Å²) in [7, 11) is -4.67. The molecule has 0 bridgehead atoms. The van der Waals surface area contributed by atoms with E-state index in [4.69, 9.17) is 17.5 Å². The van der Waals surface area contributed by atoms with Crippen LogP contribution in [0, 0.1) is 0 Å². The number of nitrogens with zero attached hydrogens (tertiary/aromatic N) is 1. The van der Waals surface area contributed by atoms with Crippen molar-refractivity contribution in [2.24, 2.45) is 0 Å². The van der Waals surface area contributed by atoms with E-state index in [1.54, 1.807) is 0 Å². The third kappa shape index (κ3) is 22.8. The average molecular weight is 364 g/mol. The Morgan fingerprint density at radius 1 is 0.652 bits per heavy atom. The first kappa shape index (κ1) is 28.6. The Balaban J connectivity index is -0.000000578. The van der Waals surface area contributed by atoms with Gasteiger partial charge in [-0.15, -0.1) is 0 Å². The predicted molar refractivity (Wildman–Crippen MR) is 93.5 cm³/mol. The largest absolute Gasteiger partial charge is 1.00 e. The molecule has 0 rings (SSSR count). The number of hydrogen-bond donors (Lipinski definition) is 2. The molecule has 0 aromatic rings. The van der Waals surface area contributed by atoms with E-state index in [9.17, 15) is 0 Å². The van der Waals surface area contributed by atoms with Crippen molar-refractivity contribution in [3.63, 3.8) is 0 Å². The average Bonchev–Trinajstić information content (AvgIpc) is 2.44. The maximum Gasteiger partial charge on any atom is 1.00 e. The van der Waals surface area contributed by atoms with Crippen LogP contribution < -0.4 is 29.6 Å². The maximum absolute atomic E-state index is 8.74. The van der Waals surface area contributed by atoms with Crippen molar-refractivity contribution in [1.82, 2.24) is 0 Å². The van der Waals surface area contributed by atoms with Gasteiger partial charge in [-0.25, -0.2) is 0 Å². The van der Waals surface area contributed by atoms with E-state index in [2.05, 4.69) is 27.7 Å². The zero-order valence-electron chi connectivity index (χ0n) is 16.1. The molecule has 0 saturated heterocycles. The van der Waals surface area contributed by atoms with E-state index < -0.39 is 10.4 Å². The molecule has 0 aliphatic carbocycles. The summed E-state index contributed by atoms with van der Waals surface area (Å²) in [5.41, 5.74) is 0. The molecule has 0 unspecified atom stereocenters. The van der Waals surface area contributed by atoms with E-state index in [0.717, 1.165) is 0 Å². The number of rotatable bonds is 12. The molecule has 2 N–H and O–H groups in total. The summed E-state index contributed by atoms with van der Waals surface area (Å²) in [6, 6.07) is 0. The van der Waals surface area contributed by atoms with Crippen LogP contribution in [0.2, 0.25) is 0 Å². The standard InChI is InChI=1S/C16H36N.Na.H2O4S/c1-5-9-13-17(14-10-6-2,15-11-7-3)16-12-8-4;;1-5(2,3)4/h5-16H2,1-4H3;;(H2,1,2,3,4)/q2*+1;. The van der Waals surface area contributed by atoms with Crippen LogP contribution in [0.4, 0.5) is 0 Å². The van der Waals surface area contributed by atoms with Gasteiger partial charge >= 0.3 is 40.0 Å². The van der Waals surface area contributed by atoms with Gasteiger partial charge in [-0.1, -0.05) is 53.4 Å². The third-order valence-electron chi connectivity index (χ3n) is 3.94. The second-order valence-corrected chi connectivity index (χ2v) is 6.99. The molecule has 23 heavy (non-hydrogen) atoms. The number of unbranched alkanes of at least 4 members (excludes halogenated alkanes) is 4. The normalized spacial score (nSPS) is 11.4. The molecule has 136 valence electrons. The molecule has 0 aliphatic rings. The summed E-state index contributed by atoms with van der Waals surface area (Å²) < 4.78 is 33.0. The van der Waals surface area contributed by atoms with Gasteiger partial charge in [0.2, 0.25) is 0 Å². The molecule has 0 spiro atoms. The summed E-state index contributed by atoms with van der Waals surface area (Å²) in [4.78, 5) is 0. The Hall–Kier alpha value is 0.830. The fraction of sp³-hybridized carbons (Fsp3) is 1.00. The first-order chi connectivity index (χ1) is 10.2. The molecule has 0 aromatic carbocycles. The van der Waals surface area contributed by atoms with Crippen LogP contribution in [-0.2, 0) is 10.4 Å². The monoisotopic (exact) mass is 363 g/mol. The van der Waals surface area contributed by atoms with Gasteiger partial charge < -0.3 is 4.48 Å². The van der Waals surface area contributed by atoms with Crippen molar-refractivity contribution in [2.45, 2.75) is 79.1 Å². The van der Waals surface area contributed by atoms with Crippen molar-refractivity contribution < 1.29 is 51.6 Å². The van der Waals surface area contributed by atoms with Crippen LogP contribution in [0.1, 0.15) is 79.1 Å². The van der Waals surface area contributed by atoms with Gasteiger partial charge in [-0.2, -0.15) is 8.42 Å². The van der Waals surface area contributed by atoms with Gasteiger partial charge in [-0.3, -0.25) is 9.11 Å². The SMILES string of the molecule is CCCC[N+](CCCC)(CCCC)CCCC.O=S(=O)(O)O.[Na+]. The molecule has 0 aliphatic heterocycles. The fourth-order valence-electron chi connectivity index (χ4n) is 2.64. The second kappa shape index (κ2) is 17.6. The van der Waals surface area contributed by atoms with Gasteiger partial charge in [0.1, 0.15) is 0 Å². The Labute approximate surface area is 166 Å². The van der Waals surface area contributed by atoms with Crippen LogP contribution in [0.5, 0.6) is 0 Å². The summed E-state index contributed by atoms with van der Waals surface area (Å²) >= 11 is 0. The Kier molecular flexibility index (Phi) is 22.0. The van der Waals surface area contributed by atoms with Crippen molar-refractivity contribution in [3.8, 4) is 0 Å². The molecule has 0 heterocycles. The fourth-order valence-corrected chi connectivity index (χ4v) is 2.64. The van der Waals surface area contributed by atoms with Gasteiger partial charge in [-0.05, 0) is 25.7 Å². The zero-order chi connectivity index (χ0) is 17.5. The molecule has 0 amide bonds. The topological polar surface area (TPSA) is 74.6 Å². The molecular formula is C16H38NNaO4S+2. The van der Waals surface area contributed by atoms with Crippen LogP contribution >= 0.6 is 0 Å². The van der Waals surface area contributed by atoms with Crippen LogP contribution in [-0.4, -0.2) is 48.2 Å². The Bertz CT molecular complexity index is 291. The number of hydrogen-bond acceptors (Lipinski definition) is 2. The first-order valence-corrected chi connectivity index (χ1v) is 10.2. The summed E-state index contributed by atoms with van der Waals surface area (Å²) in [6.07, 6.45) is 11.1. The van der Waals surface area contributed by atoms with Gasteiger partial charge in [0.15, 0.2) is 0 Å². The zero-order valence-corrected chi connectivity index (χ0v) is 18.9. The van der Waals surface area contributed by atoms with Crippen molar-refractivity contribution in [1.29, 1.82) is 0 Å². The van der Waals surface area contributed by atoms with Crippen molar-refractivity contribution in [2.75, 3.05) is 26.2 Å². The molecule has 0 atom stereocenters. The molecule has 0 fully saturated rings. The summed E-state index contributed by atoms with van der Waals surface area (Å²) in [6.45, 7) is 15.0. The smallest absolute Gasteiger partial charge is 0.324 e. The molecule has 0 aromatic heterocycles.